The van der Waals surface area contributed by atoms with Crippen LogP contribution >= 0.6 is 0 Å². The molecule has 1 atom stereocenters. The van der Waals surface area contributed by atoms with Gasteiger partial charge in [-0.1, -0.05) is 0 Å². The van der Waals surface area contributed by atoms with Crippen molar-refractivity contribution < 1.29 is 17.9 Å². The van der Waals surface area contributed by atoms with Crippen LogP contribution in [-0.2, 0) is 10.9 Å². The zero-order chi connectivity index (χ0) is 14.0. The van der Waals surface area contributed by atoms with E-state index < -0.39 is 17.8 Å². The average Bonchev–Trinajstić information content (AvgIpc) is 2.38. The summed E-state index contributed by atoms with van der Waals surface area (Å²) in [4.78, 5) is 0. The number of rotatable bonds is 1. The summed E-state index contributed by atoms with van der Waals surface area (Å²) in [6.45, 7) is 1.12. The maximum atomic E-state index is 13.0. The zero-order valence-corrected chi connectivity index (χ0v) is 9.92. The molecule has 0 spiro atoms. The predicted octanol–water partition coefficient (Wildman–Crippen LogP) is 1.82. The van der Waals surface area contributed by atoms with E-state index in [9.17, 15) is 13.2 Å². The highest BCUT2D eigenvalue weighted by Crippen LogP contribution is 2.39. The van der Waals surface area contributed by atoms with Crippen LogP contribution in [0, 0.1) is 11.3 Å². The maximum Gasteiger partial charge on any atom is 0.416 e. The minimum absolute atomic E-state index is 0.0252. The Kier molecular flexibility index (Phi) is 3.64. The van der Waals surface area contributed by atoms with Gasteiger partial charge in [-0.05, 0) is 12.1 Å². The van der Waals surface area contributed by atoms with Crippen molar-refractivity contribution >= 4 is 5.69 Å². The van der Waals surface area contributed by atoms with Gasteiger partial charge in [0.1, 0.15) is 6.07 Å². The number of nitrogens with two attached hydrogens (primary N) is 1. The molecule has 4 nitrogen and oxygen atoms in total. The summed E-state index contributed by atoms with van der Waals surface area (Å²) in [5.41, 5.74) is 4.55. The third-order valence-corrected chi connectivity index (χ3v) is 2.96. The standard InChI is InChI=1S/C12H12F3N3O/c13-12(14,15)8-2-1-7(5-16)11(17)10(8)9-6-18-3-4-19-9/h1-2,9,18H,3-4,6,17H2. The molecule has 0 saturated carbocycles. The normalized spacial score (nSPS) is 20.0. The van der Waals surface area contributed by atoms with Gasteiger partial charge in [-0.3, -0.25) is 0 Å². The molecule has 7 heteroatoms. The van der Waals surface area contributed by atoms with Gasteiger partial charge in [0, 0.05) is 18.7 Å². The Labute approximate surface area is 108 Å². The average molecular weight is 271 g/mol. The highest BCUT2D eigenvalue weighted by Gasteiger charge is 2.37. The van der Waals surface area contributed by atoms with Crippen LogP contribution in [0.2, 0.25) is 0 Å². The van der Waals surface area contributed by atoms with Crippen LogP contribution in [0.15, 0.2) is 12.1 Å². The third-order valence-electron chi connectivity index (χ3n) is 2.96. The Morgan fingerprint density at radius 3 is 2.68 bits per heavy atom. The van der Waals surface area contributed by atoms with Gasteiger partial charge < -0.3 is 15.8 Å². The minimum atomic E-state index is -4.53. The second kappa shape index (κ2) is 5.07. The first-order valence-electron chi connectivity index (χ1n) is 5.67. The number of nitrogens with zero attached hydrogens (tertiary/aromatic N) is 1. The highest BCUT2D eigenvalue weighted by molar-refractivity contribution is 5.63. The van der Waals surface area contributed by atoms with E-state index in [1.807, 2.05) is 0 Å². The van der Waals surface area contributed by atoms with E-state index in [1.54, 1.807) is 6.07 Å². The van der Waals surface area contributed by atoms with Crippen molar-refractivity contribution in [1.82, 2.24) is 5.32 Å². The molecule has 1 aromatic carbocycles. The summed E-state index contributed by atoms with van der Waals surface area (Å²) in [7, 11) is 0. The number of anilines is 1. The van der Waals surface area contributed by atoms with E-state index >= 15 is 0 Å². The molecule has 102 valence electrons. The van der Waals surface area contributed by atoms with Gasteiger partial charge in [0.05, 0.1) is 29.5 Å². The summed E-state index contributed by atoms with van der Waals surface area (Å²) < 4.78 is 44.3. The summed E-state index contributed by atoms with van der Waals surface area (Å²) in [6.07, 6.45) is -5.32. The monoisotopic (exact) mass is 271 g/mol. The summed E-state index contributed by atoms with van der Waals surface area (Å²) >= 11 is 0. The summed E-state index contributed by atoms with van der Waals surface area (Å²) in [6, 6.07) is 3.74. The zero-order valence-electron chi connectivity index (χ0n) is 9.92. The fraction of sp³-hybridized carbons (Fsp3) is 0.417. The van der Waals surface area contributed by atoms with Crippen molar-refractivity contribution in [1.29, 1.82) is 5.26 Å². The molecular weight excluding hydrogens is 259 g/mol. The third kappa shape index (κ3) is 2.64. The molecule has 0 aromatic heterocycles. The molecule has 1 fully saturated rings. The van der Waals surface area contributed by atoms with Crippen LogP contribution in [0.1, 0.15) is 22.8 Å². The van der Waals surface area contributed by atoms with Gasteiger partial charge >= 0.3 is 6.18 Å². The number of nitrogens with one attached hydrogen (secondary N) is 1. The molecule has 1 heterocycles. The van der Waals surface area contributed by atoms with E-state index in [2.05, 4.69) is 5.32 Å². The number of morpholine rings is 1. The van der Waals surface area contributed by atoms with Gasteiger partial charge in [0.2, 0.25) is 0 Å². The van der Waals surface area contributed by atoms with E-state index in [0.29, 0.717) is 13.2 Å². The van der Waals surface area contributed by atoms with Gasteiger partial charge in [0.25, 0.3) is 0 Å². The topological polar surface area (TPSA) is 71.1 Å². The van der Waals surface area contributed by atoms with Crippen LogP contribution in [0.25, 0.3) is 0 Å². The number of nitrogen functional groups attached to an aromatic ring is 1. The SMILES string of the molecule is N#Cc1ccc(C(F)(F)F)c(C2CNCCO2)c1N. The Hall–Kier alpha value is -1.78. The first kappa shape index (κ1) is 13.6. The molecule has 3 N–H and O–H groups in total. The van der Waals surface area contributed by atoms with E-state index in [-0.39, 0.29) is 23.4 Å². The van der Waals surface area contributed by atoms with Crippen molar-refractivity contribution in [3.8, 4) is 6.07 Å². The van der Waals surface area contributed by atoms with Crippen molar-refractivity contribution in [2.75, 3.05) is 25.4 Å². The molecule has 1 aliphatic rings. The number of nitriles is 1. The number of ether oxygens (including phenoxy) is 1. The number of alkyl halides is 3. The lowest BCUT2D eigenvalue weighted by atomic mass is 9.96. The second-order valence-corrected chi connectivity index (χ2v) is 4.16. The molecule has 0 radical (unpaired) electrons. The van der Waals surface area contributed by atoms with Crippen LogP contribution in [0.3, 0.4) is 0 Å². The molecular formula is C12H12F3N3O. The number of hydrogen-bond acceptors (Lipinski definition) is 4. The highest BCUT2D eigenvalue weighted by atomic mass is 19.4. The van der Waals surface area contributed by atoms with Crippen LogP contribution in [0.5, 0.6) is 0 Å². The maximum absolute atomic E-state index is 13.0. The number of benzene rings is 1. The Bertz CT molecular complexity index is 516. The van der Waals surface area contributed by atoms with Crippen molar-refractivity contribution in [2.45, 2.75) is 12.3 Å². The predicted molar refractivity (Wildman–Crippen MR) is 62.1 cm³/mol. The lowest BCUT2D eigenvalue weighted by Gasteiger charge is -2.27. The van der Waals surface area contributed by atoms with E-state index in [4.69, 9.17) is 15.7 Å². The minimum Gasteiger partial charge on any atom is -0.397 e. The number of halogens is 3. The molecule has 0 bridgehead atoms. The van der Waals surface area contributed by atoms with Gasteiger partial charge in [-0.25, -0.2) is 0 Å². The molecule has 2 rings (SSSR count). The van der Waals surface area contributed by atoms with Crippen molar-refractivity contribution in [3.05, 3.63) is 28.8 Å². The molecule has 1 aliphatic heterocycles. The number of hydrogen-bond donors (Lipinski definition) is 2. The van der Waals surface area contributed by atoms with Crippen LogP contribution < -0.4 is 11.1 Å². The summed E-state index contributed by atoms with van der Waals surface area (Å²) in [5.74, 6) is 0. The Morgan fingerprint density at radius 2 is 2.16 bits per heavy atom. The van der Waals surface area contributed by atoms with Crippen molar-refractivity contribution in [2.24, 2.45) is 0 Å². The molecule has 1 saturated heterocycles. The molecule has 0 aliphatic carbocycles. The molecule has 1 unspecified atom stereocenters. The molecule has 19 heavy (non-hydrogen) atoms. The fourth-order valence-electron chi connectivity index (χ4n) is 2.08. The fourth-order valence-corrected chi connectivity index (χ4v) is 2.08. The molecule has 1 aromatic rings. The molecule has 0 amide bonds. The van der Waals surface area contributed by atoms with Gasteiger partial charge in [-0.2, -0.15) is 18.4 Å². The Balaban J connectivity index is 2.56. The first-order chi connectivity index (χ1) is 8.95. The first-order valence-corrected chi connectivity index (χ1v) is 5.67. The second-order valence-electron chi connectivity index (χ2n) is 4.16. The largest absolute Gasteiger partial charge is 0.416 e. The van der Waals surface area contributed by atoms with Gasteiger partial charge in [0.15, 0.2) is 0 Å². The Morgan fingerprint density at radius 1 is 1.42 bits per heavy atom. The lowest BCUT2D eigenvalue weighted by Crippen LogP contribution is -2.35. The van der Waals surface area contributed by atoms with E-state index in [1.165, 1.54) is 0 Å². The quantitative estimate of drug-likeness (QED) is 0.764. The summed E-state index contributed by atoms with van der Waals surface area (Å²) in [5, 5.41) is 11.8. The van der Waals surface area contributed by atoms with Gasteiger partial charge in [-0.15, -0.1) is 0 Å². The smallest absolute Gasteiger partial charge is 0.397 e. The van der Waals surface area contributed by atoms with Crippen LogP contribution in [-0.4, -0.2) is 19.7 Å². The van der Waals surface area contributed by atoms with Crippen molar-refractivity contribution in [3.63, 3.8) is 0 Å². The lowest BCUT2D eigenvalue weighted by molar-refractivity contribution is -0.139. The van der Waals surface area contributed by atoms with E-state index in [0.717, 1.165) is 12.1 Å². The van der Waals surface area contributed by atoms with Crippen LogP contribution in [0.4, 0.5) is 18.9 Å².